The Bertz CT molecular complexity index is 97.9. The fraction of sp³-hybridized carbons (Fsp3) is 1.00. The number of hydrogen-bond acceptors (Lipinski definition) is 4. The van der Waals surface area contributed by atoms with Crippen LogP contribution in [0.4, 0.5) is 0 Å². The standard InChI is InChI=1S/C6H14N2O2/c1-4-9-5(2-7)6(3-8)10-4/h4-6H,2-3,7-8H2,1H3/t5-,6-/m1/s1. The third-order valence-corrected chi connectivity index (χ3v) is 1.61. The molecule has 1 fully saturated rings. The minimum absolute atomic E-state index is 0.0139. The van der Waals surface area contributed by atoms with Crippen LogP contribution >= 0.6 is 0 Å². The van der Waals surface area contributed by atoms with E-state index < -0.39 is 0 Å². The second kappa shape index (κ2) is 3.30. The van der Waals surface area contributed by atoms with E-state index in [-0.39, 0.29) is 18.5 Å². The van der Waals surface area contributed by atoms with Crippen molar-refractivity contribution in [3.8, 4) is 0 Å². The Morgan fingerprint density at radius 2 is 1.50 bits per heavy atom. The first-order valence-corrected chi connectivity index (χ1v) is 3.49. The number of ether oxygens (including phenoxy) is 2. The predicted molar refractivity (Wildman–Crippen MR) is 37.3 cm³/mol. The van der Waals surface area contributed by atoms with Crippen LogP contribution in [0.3, 0.4) is 0 Å². The topological polar surface area (TPSA) is 70.5 Å². The van der Waals surface area contributed by atoms with Crippen molar-refractivity contribution in [3.63, 3.8) is 0 Å². The fourth-order valence-electron chi connectivity index (χ4n) is 1.11. The van der Waals surface area contributed by atoms with Gasteiger partial charge in [0.15, 0.2) is 6.29 Å². The van der Waals surface area contributed by atoms with Crippen LogP contribution in [0.1, 0.15) is 6.92 Å². The summed E-state index contributed by atoms with van der Waals surface area (Å²) < 4.78 is 10.6. The van der Waals surface area contributed by atoms with Crippen molar-refractivity contribution < 1.29 is 9.47 Å². The zero-order valence-corrected chi connectivity index (χ0v) is 6.12. The van der Waals surface area contributed by atoms with Crippen molar-refractivity contribution in [1.29, 1.82) is 0 Å². The van der Waals surface area contributed by atoms with Gasteiger partial charge in [0.05, 0.1) is 0 Å². The third-order valence-electron chi connectivity index (χ3n) is 1.61. The highest BCUT2D eigenvalue weighted by atomic mass is 16.7. The Morgan fingerprint density at radius 3 is 1.80 bits per heavy atom. The van der Waals surface area contributed by atoms with Gasteiger partial charge in [0, 0.05) is 13.1 Å². The Balaban J connectivity index is 2.41. The van der Waals surface area contributed by atoms with Gasteiger partial charge < -0.3 is 20.9 Å². The number of nitrogens with two attached hydrogens (primary N) is 2. The molecule has 60 valence electrons. The van der Waals surface area contributed by atoms with Crippen LogP contribution in [-0.2, 0) is 9.47 Å². The smallest absolute Gasteiger partial charge is 0.155 e. The van der Waals surface area contributed by atoms with Gasteiger partial charge >= 0.3 is 0 Å². The molecule has 0 spiro atoms. The van der Waals surface area contributed by atoms with Crippen molar-refractivity contribution in [3.05, 3.63) is 0 Å². The second-order valence-corrected chi connectivity index (χ2v) is 2.39. The highest BCUT2D eigenvalue weighted by molar-refractivity contribution is 4.77. The third kappa shape index (κ3) is 1.46. The fourth-order valence-corrected chi connectivity index (χ4v) is 1.11. The molecule has 1 heterocycles. The minimum Gasteiger partial charge on any atom is -0.346 e. The first kappa shape index (κ1) is 7.94. The van der Waals surface area contributed by atoms with Crippen LogP contribution in [0.25, 0.3) is 0 Å². The highest BCUT2D eigenvalue weighted by Crippen LogP contribution is 2.16. The maximum atomic E-state index is 5.40. The van der Waals surface area contributed by atoms with Crippen molar-refractivity contribution >= 4 is 0 Å². The van der Waals surface area contributed by atoms with Gasteiger partial charge in [-0.05, 0) is 6.92 Å². The maximum Gasteiger partial charge on any atom is 0.155 e. The molecule has 0 unspecified atom stereocenters. The first-order chi connectivity index (χ1) is 4.77. The molecule has 0 amide bonds. The molecule has 0 bridgehead atoms. The van der Waals surface area contributed by atoms with Gasteiger partial charge in [0.2, 0.25) is 0 Å². The summed E-state index contributed by atoms with van der Waals surface area (Å²) in [4.78, 5) is 0. The van der Waals surface area contributed by atoms with Crippen molar-refractivity contribution in [1.82, 2.24) is 0 Å². The van der Waals surface area contributed by atoms with Gasteiger partial charge in [-0.25, -0.2) is 0 Å². The summed E-state index contributed by atoms with van der Waals surface area (Å²) in [6.45, 7) is 2.80. The van der Waals surface area contributed by atoms with Gasteiger partial charge in [-0.3, -0.25) is 0 Å². The number of rotatable bonds is 2. The molecule has 1 aliphatic rings. The van der Waals surface area contributed by atoms with Gasteiger partial charge in [-0.1, -0.05) is 0 Å². The van der Waals surface area contributed by atoms with E-state index >= 15 is 0 Å². The molecule has 2 atom stereocenters. The lowest BCUT2D eigenvalue weighted by Crippen LogP contribution is -2.35. The van der Waals surface area contributed by atoms with Crippen LogP contribution in [0.15, 0.2) is 0 Å². The molecule has 0 saturated carbocycles. The molecule has 0 aromatic carbocycles. The van der Waals surface area contributed by atoms with Crippen LogP contribution in [-0.4, -0.2) is 31.6 Å². The molecule has 0 aromatic heterocycles. The van der Waals surface area contributed by atoms with E-state index in [2.05, 4.69) is 0 Å². The summed E-state index contributed by atoms with van der Waals surface area (Å²) in [6, 6.07) is 0. The molecule has 0 radical (unpaired) electrons. The van der Waals surface area contributed by atoms with Crippen molar-refractivity contribution in [2.45, 2.75) is 25.4 Å². The molecule has 0 aliphatic carbocycles. The maximum absolute atomic E-state index is 5.40. The molecule has 1 rings (SSSR count). The molecular formula is C6H14N2O2. The van der Waals surface area contributed by atoms with Crippen LogP contribution in [0, 0.1) is 0 Å². The molecule has 4 N–H and O–H groups in total. The Morgan fingerprint density at radius 1 is 1.10 bits per heavy atom. The van der Waals surface area contributed by atoms with E-state index in [1.807, 2.05) is 6.92 Å². The molecule has 1 saturated heterocycles. The van der Waals surface area contributed by atoms with E-state index in [1.54, 1.807) is 0 Å². The van der Waals surface area contributed by atoms with Gasteiger partial charge in [-0.15, -0.1) is 0 Å². The Hall–Kier alpha value is -0.160. The average molecular weight is 146 g/mol. The summed E-state index contributed by atoms with van der Waals surface area (Å²) >= 11 is 0. The van der Waals surface area contributed by atoms with Crippen molar-refractivity contribution in [2.24, 2.45) is 11.5 Å². The summed E-state index contributed by atoms with van der Waals surface area (Å²) in [5.74, 6) is 0. The average Bonchev–Trinajstić information content (AvgIpc) is 2.30. The molecular weight excluding hydrogens is 132 g/mol. The number of hydrogen-bond donors (Lipinski definition) is 2. The SMILES string of the molecule is CC1O[C@H](CN)[C@@H](CN)O1. The van der Waals surface area contributed by atoms with Crippen LogP contribution in [0.5, 0.6) is 0 Å². The first-order valence-electron chi connectivity index (χ1n) is 3.49. The van der Waals surface area contributed by atoms with E-state index in [0.717, 1.165) is 0 Å². The van der Waals surface area contributed by atoms with E-state index in [1.165, 1.54) is 0 Å². The van der Waals surface area contributed by atoms with Gasteiger partial charge in [-0.2, -0.15) is 0 Å². The Kier molecular flexibility index (Phi) is 2.62. The monoisotopic (exact) mass is 146 g/mol. The summed E-state index contributed by atoms with van der Waals surface area (Å²) in [5, 5.41) is 0. The summed E-state index contributed by atoms with van der Waals surface area (Å²) in [7, 11) is 0. The molecule has 4 nitrogen and oxygen atoms in total. The minimum atomic E-state index is -0.151. The second-order valence-electron chi connectivity index (χ2n) is 2.39. The van der Waals surface area contributed by atoms with Crippen LogP contribution < -0.4 is 11.5 Å². The van der Waals surface area contributed by atoms with Gasteiger partial charge in [0.1, 0.15) is 12.2 Å². The lowest BCUT2D eigenvalue weighted by molar-refractivity contribution is -0.0488. The largest absolute Gasteiger partial charge is 0.346 e. The van der Waals surface area contributed by atoms with Crippen LogP contribution in [0.2, 0.25) is 0 Å². The van der Waals surface area contributed by atoms with Gasteiger partial charge in [0.25, 0.3) is 0 Å². The van der Waals surface area contributed by atoms with Crippen molar-refractivity contribution in [2.75, 3.05) is 13.1 Å². The van der Waals surface area contributed by atoms with E-state index in [9.17, 15) is 0 Å². The van der Waals surface area contributed by atoms with E-state index in [0.29, 0.717) is 13.1 Å². The summed E-state index contributed by atoms with van der Waals surface area (Å²) in [5.41, 5.74) is 10.8. The Labute approximate surface area is 60.5 Å². The molecule has 0 aromatic rings. The molecule has 1 aliphatic heterocycles. The van der Waals surface area contributed by atoms with E-state index in [4.69, 9.17) is 20.9 Å². The molecule has 10 heavy (non-hydrogen) atoms. The lowest BCUT2D eigenvalue weighted by atomic mass is 10.2. The zero-order valence-electron chi connectivity index (χ0n) is 6.12. The zero-order chi connectivity index (χ0) is 7.56. The quantitative estimate of drug-likeness (QED) is 0.526. The molecule has 4 heteroatoms. The lowest BCUT2D eigenvalue weighted by Gasteiger charge is -2.11. The normalized spacial score (nSPS) is 35.1. The highest BCUT2D eigenvalue weighted by Gasteiger charge is 2.31. The summed E-state index contributed by atoms with van der Waals surface area (Å²) in [6.07, 6.45) is -0.179. The predicted octanol–water partition coefficient (Wildman–Crippen LogP) is -0.966.